The minimum absolute atomic E-state index is 0.0369. The number of amides is 2. The van der Waals surface area contributed by atoms with Gasteiger partial charge in [-0.3, -0.25) is 0 Å². The van der Waals surface area contributed by atoms with Crippen LogP contribution in [0.3, 0.4) is 0 Å². The fourth-order valence-corrected chi connectivity index (χ4v) is 2.27. The summed E-state index contributed by atoms with van der Waals surface area (Å²) in [5.41, 5.74) is 0. The summed E-state index contributed by atoms with van der Waals surface area (Å²) in [5, 5.41) is 2.95. The number of halogens is 1. The van der Waals surface area contributed by atoms with Crippen molar-refractivity contribution < 1.29 is 4.79 Å². The third-order valence-corrected chi connectivity index (χ3v) is 3.67. The van der Waals surface area contributed by atoms with E-state index in [0.717, 1.165) is 42.9 Å². The van der Waals surface area contributed by atoms with Gasteiger partial charge < -0.3 is 15.1 Å². The lowest BCUT2D eigenvalue weighted by Crippen LogP contribution is -2.52. The van der Waals surface area contributed by atoms with Gasteiger partial charge in [-0.05, 0) is 22.4 Å². The van der Waals surface area contributed by atoms with Crippen molar-refractivity contribution in [3.63, 3.8) is 0 Å². The zero-order chi connectivity index (χ0) is 14.4. The van der Waals surface area contributed by atoms with Crippen LogP contribution in [0, 0.1) is 0 Å². The number of hydrogen-bond acceptors (Lipinski definition) is 4. The van der Waals surface area contributed by atoms with Gasteiger partial charge in [0.2, 0.25) is 5.95 Å². The molecule has 20 heavy (non-hydrogen) atoms. The first-order chi connectivity index (χ1) is 9.70. The molecule has 1 aromatic rings. The molecule has 0 bridgehead atoms. The van der Waals surface area contributed by atoms with Gasteiger partial charge in [0.25, 0.3) is 0 Å². The molecule has 7 heteroatoms. The van der Waals surface area contributed by atoms with Crippen LogP contribution in [0.15, 0.2) is 16.9 Å². The van der Waals surface area contributed by atoms with Crippen LogP contribution in [0.1, 0.15) is 19.8 Å². The Morgan fingerprint density at radius 1 is 1.30 bits per heavy atom. The lowest BCUT2D eigenvalue weighted by molar-refractivity contribution is 0.194. The number of unbranched alkanes of at least 4 members (excludes halogenated alkanes) is 1. The normalized spacial score (nSPS) is 15.3. The topological polar surface area (TPSA) is 61.4 Å². The van der Waals surface area contributed by atoms with Gasteiger partial charge in [-0.25, -0.2) is 14.8 Å². The summed E-state index contributed by atoms with van der Waals surface area (Å²) in [5.74, 6) is 0.722. The number of nitrogens with zero attached hydrogens (tertiary/aromatic N) is 4. The molecule has 1 N–H and O–H groups in total. The van der Waals surface area contributed by atoms with Crippen molar-refractivity contribution in [2.45, 2.75) is 19.8 Å². The highest BCUT2D eigenvalue weighted by atomic mass is 79.9. The van der Waals surface area contributed by atoms with Gasteiger partial charge >= 0.3 is 6.03 Å². The van der Waals surface area contributed by atoms with Gasteiger partial charge in [0.1, 0.15) is 0 Å². The molecule has 1 aliphatic heterocycles. The van der Waals surface area contributed by atoms with E-state index >= 15 is 0 Å². The second kappa shape index (κ2) is 7.42. The summed E-state index contributed by atoms with van der Waals surface area (Å²) in [6.45, 7) is 5.81. The highest BCUT2D eigenvalue weighted by molar-refractivity contribution is 9.10. The van der Waals surface area contributed by atoms with E-state index in [1.165, 1.54) is 0 Å². The van der Waals surface area contributed by atoms with Crippen LogP contribution in [0.4, 0.5) is 10.7 Å². The van der Waals surface area contributed by atoms with E-state index in [-0.39, 0.29) is 6.03 Å². The van der Waals surface area contributed by atoms with Gasteiger partial charge in [-0.2, -0.15) is 0 Å². The maximum atomic E-state index is 11.9. The van der Waals surface area contributed by atoms with E-state index in [2.05, 4.69) is 43.0 Å². The van der Waals surface area contributed by atoms with Crippen LogP contribution in [0.25, 0.3) is 0 Å². The number of rotatable bonds is 4. The molecule has 2 rings (SSSR count). The van der Waals surface area contributed by atoms with Crippen LogP contribution in [0.2, 0.25) is 0 Å². The van der Waals surface area contributed by atoms with Crippen LogP contribution in [-0.4, -0.2) is 53.6 Å². The number of aromatic nitrogens is 2. The smallest absolute Gasteiger partial charge is 0.317 e. The molecule has 1 fully saturated rings. The number of anilines is 1. The van der Waals surface area contributed by atoms with Gasteiger partial charge in [-0.1, -0.05) is 13.3 Å². The fourth-order valence-electron chi connectivity index (χ4n) is 2.06. The van der Waals surface area contributed by atoms with Crippen molar-refractivity contribution >= 4 is 27.9 Å². The van der Waals surface area contributed by atoms with Crippen molar-refractivity contribution in [1.82, 2.24) is 20.2 Å². The molecule has 1 aromatic heterocycles. The third-order valence-electron chi connectivity index (χ3n) is 3.26. The molecular formula is C13H20BrN5O. The van der Waals surface area contributed by atoms with Crippen molar-refractivity contribution in [3.8, 4) is 0 Å². The number of nitrogens with one attached hydrogen (secondary N) is 1. The van der Waals surface area contributed by atoms with Crippen LogP contribution in [0.5, 0.6) is 0 Å². The summed E-state index contributed by atoms with van der Waals surface area (Å²) in [6.07, 6.45) is 5.60. The molecule has 0 aliphatic carbocycles. The monoisotopic (exact) mass is 341 g/mol. The standard InChI is InChI=1S/C13H20BrN5O/c1-2-3-4-15-13(20)19-7-5-18(6-8-19)12-16-9-11(14)10-17-12/h9-10H,2-8H2,1H3,(H,15,20). The van der Waals surface area contributed by atoms with E-state index in [1.807, 2.05) is 4.90 Å². The summed E-state index contributed by atoms with van der Waals surface area (Å²) in [7, 11) is 0. The van der Waals surface area contributed by atoms with E-state index in [1.54, 1.807) is 12.4 Å². The van der Waals surface area contributed by atoms with E-state index in [4.69, 9.17) is 0 Å². The fraction of sp³-hybridized carbons (Fsp3) is 0.615. The second-order valence-corrected chi connectivity index (χ2v) is 5.68. The lowest BCUT2D eigenvalue weighted by atomic mass is 10.3. The van der Waals surface area contributed by atoms with Crippen molar-refractivity contribution in [2.75, 3.05) is 37.6 Å². The largest absolute Gasteiger partial charge is 0.338 e. The van der Waals surface area contributed by atoms with Crippen molar-refractivity contribution in [1.29, 1.82) is 0 Å². The molecule has 2 heterocycles. The van der Waals surface area contributed by atoms with Crippen molar-refractivity contribution in [2.24, 2.45) is 0 Å². The third kappa shape index (κ3) is 4.06. The number of carbonyl (C=O) groups excluding carboxylic acids is 1. The number of hydrogen-bond donors (Lipinski definition) is 1. The first-order valence-corrected chi connectivity index (χ1v) is 7.75. The molecule has 0 saturated carbocycles. The molecule has 110 valence electrons. The molecule has 6 nitrogen and oxygen atoms in total. The Morgan fingerprint density at radius 3 is 2.55 bits per heavy atom. The Morgan fingerprint density at radius 2 is 1.95 bits per heavy atom. The quantitative estimate of drug-likeness (QED) is 0.849. The Labute approximate surface area is 127 Å². The molecule has 1 aliphatic rings. The predicted octanol–water partition coefficient (Wildman–Crippen LogP) is 1.87. The molecule has 0 aromatic carbocycles. The maximum absolute atomic E-state index is 11.9. The minimum atomic E-state index is 0.0369. The first kappa shape index (κ1) is 15.0. The number of piperazine rings is 1. The number of carbonyl (C=O) groups is 1. The van der Waals surface area contributed by atoms with Gasteiger partial charge in [-0.15, -0.1) is 0 Å². The predicted molar refractivity (Wildman–Crippen MR) is 81.8 cm³/mol. The highest BCUT2D eigenvalue weighted by Crippen LogP contribution is 2.13. The summed E-state index contributed by atoms with van der Waals surface area (Å²) < 4.78 is 0.871. The molecule has 0 spiro atoms. The molecule has 1 saturated heterocycles. The van der Waals surface area contributed by atoms with E-state index < -0.39 is 0 Å². The Kier molecular flexibility index (Phi) is 5.58. The summed E-state index contributed by atoms with van der Waals surface area (Å²) in [6, 6.07) is 0.0369. The first-order valence-electron chi connectivity index (χ1n) is 6.96. The second-order valence-electron chi connectivity index (χ2n) is 4.76. The number of urea groups is 1. The van der Waals surface area contributed by atoms with Crippen LogP contribution in [-0.2, 0) is 0 Å². The van der Waals surface area contributed by atoms with E-state index in [9.17, 15) is 4.79 Å². The highest BCUT2D eigenvalue weighted by Gasteiger charge is 2.22. The summed E-state index contributed by atoms with van der Waals surface area (Å²) in [4.78, 5) is 24.4. The lowest BCUT2D eigenvalue weighted by Gasteiger charge is -2.34. The average Bonchev–Trinajstić information content (AvgIpc) is 2.48. The van der Waals surface area contributed by atoms with Crippen LogP contribution >= 0.6 is 15.9 Å². The summed E-state index contributed by atoms with van der Waals surface area (Å²) >= 11 is 3.32. The average molecular weight is 342 g/mol. The van der Waals surface area contributed by atoms with Crippen molar-refractivity contribution in [3.05, 3.63) is 16.9 Å². The molecule has 2 amide bonds. The Hall–Kier alpha value is -1.37. The van der Waals surface area contributed by atoms with Gasteiger partial charge in [0, 0.05) is 45.1 Å². The van der Waals surface area contributed by atoms with Gasteiger partial charge in [0.15, 0.2) is 0 Å². The maximum Gasteiger partial charge on any atom is 0.317 e. The zero-order valence-electron chi connectivity index (χ0n) is 11.7. The Bertz CT molecular complexity index is 431. The SMILES string of the molecule is CCCCNC(=O)N1CCN(c2ncc(Br)cn2)CC1. The van der Waals surface area contributed by atoms with Gasteiger partial charge in [0.05, 0.1) is 4.47 Å². The van der Waals surface area contributed by atoms with Crippen LogP contribution < -0.4 is 10.2 Å². The molecule has 0 atom stereocenters. The van der Waals surface area contributed by atoms with E-state index in [0.29, 0.717) is 13.1 Å². The zero-order valence-corrected chi connectivity index (χ0v) is 13.3. The molecular weight excluding hydrogens is 322 g/mol. The minimum Gasteiger partial charge on any atom is -0.338 e. The molecule has 0 radical (unpaired) electrons. The molecule has 0 unspecified atom stereocenters. The Balaban J connectivity index is 1.80.